The van der Waals surface area contributed by atoms with E-state index in [-0.39, 0.29) is 0 Å². The van der Waals surface area contributed by atoms with E-state index in [1.807, 2.05) is 25.3 Å². The molecular formula is C18H25N3O. The van der Waals surface area contributed by atoms with Gasteiger partial charge in [0.1, 0.15) is 17.3 Å². The van der Waals surface area contributed by atoms with Crippen LogP contribution in [0, 0.1) is 12.8 Å². The topological polar surface area (TPSA) is 41.3 Å². The molecule has 0 unspecified atom stereocenters. The predicted molar refractivity (Wildman–Crippen MR) is 88.8 cm³/mol. The Morgan fingerprint density at radius 3 is 2.64 bits per heavy atom. The average Bonchev–Trinajstić information content (AvgIpc) is 2.94. The fourth-order valence-corrected chi connectivity index (χ4v) is 2.86. The van der Waals surface area contributed by atoms with E-state index in [0.29, 0.717) is 0 Å². The third-order valence-electron chi connectivity index (χ3n) is 4.34. The fourth-order valence-electron chi connectivity index (χ4n) is 2.86. The smallest absolute Gasteiger partial charge is 0.128 e. The van der Waals surface area contributed by atoms with Crippen molar-refractivity contribution in [1.82, 2.24) is 10.3 Å². The van der Waals surface area contributed by atoms with Crippen LogP contribution in [0.3, 0.4) is 0 Å². The molecule has 3 rings (SSSR count). The van der Waals surface area contributed by atoms with Crippen LogP contribution in [-0.2, 0) is 13.1 Å². The maximum Gasteiger partial charge on any atom is 0.128 e. The summed E-state index contributed by atoms with van der Waals surface area (Å²) in [6.07, 6.45) is 4.52. The summed E-state index contributed by atoms with van der Waals surface area (Å²) in [7, 11) is 0. The van der Waals surface area contributed by atoms with Crippen molar-refractivity contribution in [2.75, 3.05) is 18.0 Å². The van der Waals surface area contributed by atoms with Gasteiger partial charge in [0.05, 0.1) is 6.54 Å². The minimum Gasteiger partial charge on any atom is -0.465 e. The van der Waals surface area contributed by atoms with Crippen LogP contribution >= 0.6 is 0 Å². The van der Waals surface area contributed by atoms with Gasteiger partial charge in [0, 0.05) is 25.8 Å². The molecule has 4 nitrogen and oxygen atoms in total. The first kappa shape index (κ1) is 15.1. The third kappa shape index (κ3) is 3.89. The zero-order valence-electron chi connectivity index (χ0n) is 13.5. The first-order chi connectivity index (χ1) is 10.7. The molecule has 118 valence electrons. The number of pyridine rings is 1. The maximum absolute atomic E-state index is 5.54. The number of hydrogen-bond donors (Lipinski definition) is 1. The Kier molecular flexibility index (Phi) is 4.78. The number of piperidine rings is 1. The summed E-state index contributed by atoms with van der Waals surface area (Å²) >= 11 is 0. The molecular weight excluding hydrogens is 274 g/mol. The van der Waals surface area contributed by atoms with Crippen molar-refractivity contribution >= 4 is 5.82 Å². The predicted octanol–water partition coefficient (Wildman–Crippen LogP) is 3.51. The van der Waals surface area contributed by atoms with E-state index in [4.69, 9.17) is 4.42 Å². The average molecular weight is 299 g/mol. The van der Waals surface area contributed by atoms with E-state index in [1.54, 1.807) is 0 Å². The molecule has 1 saturated heterocycles. The van der Waals surface area contributed by atoms with Crippen molar-refractivity contribution in [3.63, 3.8) is 0 Å². The van der Waals surface area contributed by atoms with Crippen LogP contribution in [-0.4, -0.2) is 18.1 Å². The lowest BCUT2D eigenvalue weighted by molar-refractivity contribution is 0.436. The highest BCUT2D eigenvalue weighted by atomic mass is 16.3. The molecule has 0 spiro atoms. The molecule has 0 aliphatic carbocycles. The van der Waals surface area contributed by atoms with Crippen molar-refractivity contribution in [3.8, 4) is 0 Å². The normalized spacial score (nSPS) is 16.2. The molecule has 0 bridgehead atoms. The molecule has 22 heavy (non-hydrogen) atoms. The zero-order valence-corrected chi connectivity index (χ0v) is 13.5. The van der Waals surface area contributed by atoms with E-state index in [9.17, 15) is 0 Å². The molecule has 2 aromatic rings. The van der Waals surface area contributed by atoms with Gasteiger partial charge in [-0.25, -0.2) is 4.98 Å². The molecule has 1 aliphatic heterocycles. The van der Waals surface area contributed by atoms with Gasteiger partial charge in [0.15, 0.2) is 0 Å². The summed E-state index contributed by atoms with van der Waals surface area (Å²) in [5, 5.41) is 3.39. The van der Waals surface area contributed by atoms with Gasteiger partial charge in [-0.05, 0) is 49.4 Å². The highest BCUT2D eigenvalue weighted by molar-refractivity contribution is 5.39. The molecule has 0 saturated carbocycles. The fraction of sp³-hybridized carbons (Fsp3) is 0.500. The second-order valence-corrected chi connectivity index (χ2v) is 6.31. The number of aromatic nitrogens is 1. The SMILES string of the molecule is Cc1ccc(CNCc2ccc(N3CCC(C)CC3)nc2)o1. The summed E-state index contributed by atoms with van der Waals surface area (Å²) in [6.45, 7) is 8.12. The van der Waals surface area contributed by atoms with Crippen LogP contribution in [0.1, 0.15) is 36.8 Å². The second kappa shape index (κ2) is 6.97. The van der Waals surface area contributed by atoms with Crippen molar-refractivity contribution in [1.29, 1.82) is 0 Å². The van der Waals surface area contributed by atoms with Crippen LogP contribution in [0.25, 0.3) is 0 Å². The molecule has 1 N–H and O–H groups in total. The van der Waals surface area contributed by atoms with E-state index < -0.39 is 0 Å². The van der Waals surface area contributed by atoms with Gasteiger partial charge in [-0.3, -0.25) is 0 Å². The zero-order chi connectivity index (χ0) is 15.4. The van der Waals surface area contributed by atoms with Gasteiger partial charge in [0.2, 0.25) is 0 Å². The molecule has 0 amide bonds. The second-order valence-electron chi connectivity index (χ2n) is 6.31. The Morgan fingerprint density at radius 2 is 2.00 bits per heavy atom. The Labute approximate surface area is 132 Å². The number of anilines is 1. The lowest BCUT2D eigenvalue weighted by Gasteiger charge is -2.31. The van der Waals surface area contributed by atoms with Gasteiger partial charge in [-0.15, -0.1) is 0 Å². The molecule has 1 aliphatic rings. The minimum absolute atomic E-state index is 0.750. The molecule has 0 atom stereocenters. The monoisotopic (exact) mass is 299 g/mol. The Morgan fingerprint density at radius 1 is 1.18 bits per heavy atom. The van der Waals surface area contributed by atoms with Gasteiger partial charge in [-0.2, -0.15) is 0 Å². The van der Waals surface area contributed by atoms with Crippen LogP contribution in [0.5, 0.6) is 0 Å². The van der Waals surface area contributed by atoms with Gasteiger partial charge in [0.25, 0.3) is 0 Å². The molecule has 4 heteroatoms. The molecule has 1 fully saturated rings. The lowest BCUT2D eigenvalue weighted by Crippen LogP contribution is -2.33. The van der Waals surface area contributed by atoms with Crippen LogP contribution < -0.4 is 10.2 Å². The van der Waals surface area contributed by atoms with Crippen molar-refractivity contribution in [2.45, 2.75) is 39.8 Å². The minimum atomic E-state index is 0.750. The Hall–Kier alpha value is -1.81. The first-order valence-electron chi connectivity index (χ1n) is 8.16. The first-order valence-corrected chi connectivity index (χ1v) is 8.16. The number of aryl methyl sites for hydroxylation is 1. The molecule has 3 heterocycles. The van der Waals surface area contributed by atoms with Gasteiger partial charge >= 0.3 is 0 Å². The number of furan rings is 1. The highest BCUT2D eigenvalue weighted by Crippen LogP contribution is 2.21. The largest absolute Gasteiger partial charge is 0.465 e. The van der Waals surface area contributed by atoms with E-state index in [0.717, 1.165) is 49.4 Å². The Balaban J connectivity index is 1.49. The lowest BCUT2D eigenvalue weighted by atomic mass is 9.99. The number of nitrogens with one attached hydrogen (secondary N) is 1. The van der Waals surface area contributed by atoms with Gasteiger partial charge in [-0.1, -0.05) is 13.0 Å². The summed E-state index contributed by atoms with van der Waals surface area (Å²) in [4.78, 5) is 7.01. The van der Waals surface area contributed by atoms with Crippen LogP contribution in [0.4, 0.5) is 5.82 Å². The van der Waals surface area contributed by atoms with Crippen LogP contribution in [0.2, 0.25) is 0 Å². The number of hydrogen-bond acceptors (Lipinski definition) is 4. The quantitative estimate of drug-likeness (QED) is 0.917. The van der Waals surface area contributed by atoms with Crippen molar-refractivity contribution in [3.05, 3.63) is 47.5 Å². The Bertz CT molecular complexity index is 583. The molecule has 2 aromatic heterocycles. The summed E-state index contributed by atoms with van der Waals surface area (Å²) in [5.41, 5.74) is 1.21. The number of nitrogens with zero attached hydrogens (tertiary/aromatic N) is 2. The van der Waals surface area contributed by atoms with Crippen LogP contribution in [0.15, 0.2) is 34.9 Å². The third-order valence-corrected chi connectivity index (χ3v) is 4.34. The van der Waals surface area contributed by atoms with Gasteiger partial charge < -0.3 is 14.6 Å². The maximum atomic E-state index is 5.54. The summed E-state index contributed by atoms with van der Waals surface area (Å²) in [6, 6.07) is 8.32. The van der Waals surface area contributed by atoms with E-state index in [1.165, 1.54) is 18.4 Å². The van der Waals surface area contributed by atoms with Crippen molar-refractivity contribution < 1.29 is 4.42 Å². The summed E-state index contributed by atoms with van der Waals surface area (Å²) in [5.74, 6) is 3.89. The van der Waals surface area contributed by atoms with E-state index >= 15 is 0 Å². The molecule has 0 aromatic carbocycles. The number of rotatable bonds is 5. The van der Waals surface area contributed by atoms with Crippen molar-refractivity contribution in [2.24, 2.45) is 5.92 Å². The van der Waals surface area contributed by atoms with E-state index in [2.05, 4.69) is 34.3 Å². The summed E-state index contributed by atoms with van der Waals surface area (Å²) < 4.78 is 5.54. The molecule has 0 radical (unpaired) electrons. The standard InChI is InChI=1S/C18H25N3O/c1-14-7-9-21(10-8-14)18-6-4-16(12-20-18)11-19-13-17-5-3-15(2)22-17/h3-6,12,14,19H,7-11,13H2,1-2H3. The highest BCUT2D eigenvalue weighted by Gasteiger charge is 2.16.